The van der Waals surface area contributed by atoms with Crippen LogP contribution >= 0.6 is 0 Å². The molecule has 6 nitrogen and oxygen atoms in total. The smallest absolute Gasteiger partial charge is 0.273 e. The molecule has 6 heteroatoms. The van der Waals surface area contributed by atoms with Crippen LogP contribution in [0.25, 0.3) is 0 Å². The molecule has 1 amide bonds. The Hall–Kier alpha value is -1.40. The summed E-state index contributed by atoms with van der Waals surface area (Å²) in [6.07, 6.45) is 0. The summed E-state index contributed by atoms with van der Waals surface area (Å²) in [6, 6.07) is 0. The van der Waals surface area contributed by atoms with Gasteiger partial charge in [0.1, 0.15) is 6.61 Å². The van der Waals surface area contributed by atoms with Crippen LogP contribution in [-0.2, 0) is 11.3 Å². The summed E-state index contributed by atoms with van der Waals surface area (Å²) < 4.78 is 10.0. The lowest BCUT2D eigenvalue weighted by Crippen LogP contribution is -2.38. The lowest BCUT2D eigenvalue weighted by Gasteiger charge is -2.22. The number of aromatic nitrogens is 1. The van der Waals surface area contributed by atoms with Crippen LogP contribution in [0.3, 0.4) is 0 Å². The quantitative estimate of drug-likeness (QED) is 0.786. The molecule has 0 saturated carbocycles. The second-order valence-corrected chi connectivity index (χ2v) is 5.06. The largest absolute Gasteiger partial charge is 0.377 e. The number of hydrogen-bond donors (Lipinski definition) is 2. The van der Waals surface area contributed by atoms with Gasteiger partial charge in [0.25, 0.3) is 5.91 Å². The van der Waals surface area contributed by atoms with Crippen molar-refractivity contribution in [3.05, 3.63) is 17.0 Å². The SMILES string of the molecule is COCc1onc(C(=O)NCC(C)(C)CN)c1C. The van der Waals surface area contributed by atoms with E-state index in [4.69, 9.17) is 15.0 Å². The van der Waals surface area contributed by atoms with Crippen molar-refractivity contribution in [3.8, 4) is 0 Å². The van der Waals surface area contributed by atoms with Crippen molar-refractivity contribution in [1.82, 2.24) is 10.5 Å². The Morgan fingerprint density at radius 2 is 2.22 bits per heavy atom. The molecule has 1 heterocycles. The second-order valence-electron chi connectivity index (χ2n) is 5.06. The average molecular weight is 255 g/mol. The molecular formula is C12H21N3O3. The van der Waals surface area contributed by atoms with Gasteiger partial charge in [0.05, 0.1) is 0 Å². The number of nitrogens with one attached hydrogen (secondary N) is 1. The van der Waals surface area contributed by atoms with Gasteiger partial charge >= 0.3 is 0 Å². The fourth-order valence-electron chi connectivity index (χ4n) is 1.32. The van der Waals surface area contributed by atoms with Gasteiger partial charge in [0.2, 0.25) is 0 Å². The van der Waals surface area contributed by atoms with E-state index >= 15 is 0 Å². The second kappa shape index (κ2) is 5.97. The summed E-state index contributed by atoms with van der Waals surface area (Å²) in [5, 5.41) is 6.57. The first-order valence-corrected chi connectivity index (χ1v) is 5.83. The maximum Gasteiger partial charge on any atom is 0.273 e. The number of carbonyl (C=O) groups is 1. The van der Waals surface area contributed by atoms with Crippen LogP contribution in [0.1, 0.15) is 35.7 Å². The number of nitrogens with zero attached hydrogens (tertiary/aromatic N) is 1. The van der Waals surface area contributed by atoms with E-state index in [0.29, 0.717) is 36.7 Å². The minimum absolute atomic E-state index is 0.136. The maximum absolute atomic E-state index is 11.9. The summed E-state index contributed by atoms with van der Waals surface area (Å²) in [4.78, 5) is 11.9. The van der Waals surface area contributed by atoms with Gasteiger partial charge in [0, 0.05) is 19.2 Å². The molecule has 0 aliphatic rings. The molecule has 1 aromatic heterocycles. The number of carbonyl (C=O) groups excluding carboxylic acids is 1. The third-order valence-electron chi connectivity index (χ3n) is 2.79. The summed E-state index contributed by atoms with van der Waals surface area (Å²) in [5.41, 5.74) is 6.48. The first-order valence-electron chi connectivity index (χ1n) is 5.83. The predicted octanol–water partition coefficient (Wildman–Crippen LogP) is 0.844. The van der Waals surface area contributed by atoms with Gasteiger partial charge in [-0.15, -0.1) is 0 Å². The average Bonchev–Trinajstić information content (AvgIpc) is 2.69. The van der Waals surface area contributed by atoms with Crippen molar-refractivity contribution in [2.24, 2.45) is 11.1 Å². The molecule has 102 valence electrons. The van der Waals surface area contributed by atoms with Crippen LogP contribution in [0.4, 0.5) is 0 Å². The molecule has 0 fully saturated rings. The number of rotatable bonds is 6. The Morgan fingerprint density at radius 1 is 1.56 bits per heavy atom. The normalized spacial score (nSPS) is 11.6. The molecule has 0 radical (unpaired) electrons. The Kier molecular flexibility index (Phi) is 4.86. The summed E-state index contributed by atoms with van der Waals surface area (Å²) in [5.74, 6) is 0.320. The number of amides is 1. The molecule has 3 N–H and O–H groups in total. The van der Waals surface area contributed by atoms with Gasteiger partial charge in [-0.05, 0) is 18.9 Å². The van der Waals surface area contributed by atoms with E-state index < -0.39 is 0 Å². The van der Waals surface area contributed by atoms with Gasteiger partial charge < -0.3 is 20.3 Å². The molecule has 0 saturated heterocycles. The number of nitrogens with two attached hydrogens (primary N) is 1. The number of methoxy groups -OCH3 is 1. The minimum Gasteiger partial charge on any atom is -0.377 e. The van der Waals surface area contributed by atoms with E-state index in [1.165, 1.54) is 0 Å². The number of ether oxygens (including phenoxy) is 1. The predicted molar refractivity (Wildman–Crippen MR) is 67.1 cm³/mol. The van der Waals surface area contributed by atoms with Gasteiger partial charge in [-0.3, -0.25) is 4.79 Å². The lowest BCUT2D eigenvalue weighted by atomic mass is 9.94. The molecule has 1 aromatic rings. The molecule has 0 bridgehead atoms. The molecule has 0 atom stereocenters. The van der Waals surface area contributed by atoms with Crippen LogP contribution in [0.5, 0.6) is 0 Å². The first-order chi connectivity index (χ1) is 8.41. The molecule has 0 spiro atoms. The Labute approximate surface area is 107 Å². The van der Waals surface area contributed by atoms with Gasteiger partial charge in [-0.1, -0.05) is 19.0 Å². The molecule has 18 heavy (non-hydrogen) atoms. The van der Waals surface area contributed by atoms with Crippen molar-refractivity contribution < 1.29 is 14.1 Å². The summed E-state index contributed by atoms with van der Waals surface area (Å²) in [7, 11) is 1.56. The number of hydrogen-bond acceptors (Lipinski definition) is 5. The zero-order chi connectivity index (χ0) is 13.8. The monoisotopic (exact) mass is 255 g/mol. The van der Waals surface area contributed by atoms with Crippen molar-refractivity contribution in [2.45, 2.75) is 27.4 Å². The fraction of sp³-hybridized carbons (Fsp3) is 0.667. The van der Waals surface area contributed by atoms with Crippen LogP contribution in [0, 0.1) is 12.3 Å². The third-order valence-corrected chi connectivity index (χ3v) is 2.79. The Morgan fingerprint density at radius 3 is 2.78 bits per heavy atom. The van der Waals surface area contributed by atoms with Crippen LogP contribution in [-0.4, -0.2) is 31.3 Å². The van der Waals surface area contributed by atoms with Crippen LogP contribution in [0.2, 0.25) is 0 Å². The highest BCUT2D eigenvalue weighted by Gasteiger charge is 2.21. The molecular weight excluding hydrogens is 234 g/mol. The van der Waals surface area contributed by atoms with E-state index in [2.05, 4.69) is 10.5 Å². The molecule has 0 aromatic carbocycles. The van der Waals surface area contributed by atoms with Crippen molar-refractivity contribution in [2.75, 3.05) is 20.2 Å². The molecule has 0 aliphatic carbocycles. The van der Waals surface area contributed by atoms with E-state index in [9.17, 15) is 4.79 Å². The van der Waals surface area contributed by atoms with Crippen LogP contribution < -0.4 is 11.1 Å². The van der Waals surface area contributed by atoms with Crippen molar-refractivity contribution >= 4 is 5.91 Å². The fourth-order valence-corrected chi connectivity index (χ4v) is 1.32. The Balaban J connectivity index is 2.67. The molecule has 1 rings (SSSR count). The zero-order valence-electron chi connectivity index (χ0n) is 11.4. The van der Waals surface area contributed by atoms with Gasteiger partial charge in [0.15, 0.2) is 11.5 Å². The lowest BCUT2D eigenvalue weighted by molar-refractivity contribution is 0.0927. The summed E-state index contributed by atoms with van der Waals surface area (Å²) >= 11 is 0. The Bertz CT molecular complexity index is 413. The highest BCUT2D eigenvalue weighted by molar-refractivity contribution is 5.93. The zero-order valence-corrected chi connectivity index (χ0v) is 11.4. The summed E-state index contributed by atoms with van der Waals surface area (Å²) in [6.45, 7) is 7.06. The van der Waals surface area contributed by atoms with Gasteiger partial charge in [-0.25, -0.2) is 0 Å². The standard InChI is InChI=1S/C12H21N3O3/c1-8-9(5-17-4)18-15-10(8)11(16)14-7-12(2,3)6-13/h5-7,13H2,1-4H3,(H,14,16). The molecule has 0 unspecified atom stereocenters. The van der Waals surface area contributed by atoms with E-state index in [1.807, 2.05) is 13.8 Å². The van der Waals surface area contributed by atoms with E-state index in [-0.39, 0.29) is 11.3 Å². The highest BCUT2D eigenvalue weighted by atomic mass is 16.5. The highest BCUT2D eigenvalue weighted by Crippen LogP contribution is 2.15. The van der Waals surface area contributed by atoms with E-state index in [0.717, 1.165) is 0 Å². The minimum atomic E-state index is -0.250. The van der Waals surface area contributed by atoms with E-state index in [1.54, 1.807) is 14.0 Å². The molecule has 0 aliphatic heterocycles. The van der Waals surface area contributed by atoms with Gasteiger partial charge in [-0.2, -0.15) is 0 Å². The van der Waals surface area contributed by atoms with Crippen molar-refractivity contribution in [1.29, 1.82) is 0 Å². The topological polar surface area (TPSA) is 90.4 Å². The third kappa shape index (κ3) is 3.54. The van der Waals surface area contributed by atoms with Crippen LogP contribution in [0.15, 0.2) is 4.52 Å². The van der Waals surface area contributed by atoms with Crippen molar-refractivity contribution in [3.63, 3.8) is 0 Å². The first kappa shape index (κ1) is 14.7. The maximum atomic E-state index is 11.9.